The van der Waals surface area contributed by atoms with Crippen LogP contribution in [0.3, 0.4) is 0 Å². The number of allylic oxidation sites excluding steroid dienone is 2. The first-order chi connectivity index (χ1) is 22.9. The second kappa shape index (κ2) is 15.3. The summed E-state index contributed by atoms with van der Waals surface area (Å²) < 4.78 is 6.28. The molecule has 0 aliphatic rings. The zero-order chi connectivity index (χ0) is 34.8. The molecule has 3 aromatic heterocycles. The van der Waals surface area contributed by atoms with Crippen LogP contribution < -0.4 is 0 Å². The van der Waals surface area contributed by atoms with Gasteiger partial charge in [0, 0.05) is 71.3 Å². The first kappa shape index (κ1) is 37.9. The number of benzene rings is 3. The number of furan rings is 1. The normalized spacial score (nSPS) is 12.3. The Bertz CT molecular complexity index is 2160. The predicted molar refractivity (Wildman–Crippen MR) is 198 cm³/mol. The fraction of sp³-hybridized carbons (Fsp3) is 0.381. The van der Waals surface area contributed by atoms with E-state index in [9.17, 15) is 9.90 Å². The summed E-state index contributed by atoms with van der Waals surface area (Å²) in [5.74, 6) is 1.09. The third kappa shape index (κ3) is 7.20. The van der Waals surface area contributed by atoms with Gasteiger partial charge in [-0.3, -0.25) is 14.8 Å². The number of carbonyl (C=O) groups excluding carboxylic acids is 1. The second-order valence-electron chi connectivity index (χ2n) is 13.4. The van der Waals surface area contributed by atoms with Gasteiger partial charge in [-0.1, -0.05) is 89.7 Å². The summed E-state index contributed by atoms with van der Waals surface area (Å²) in [6.45, 7) is 18.2. The molecular formula is C42H48IrN3O3-. The van der Waals surface area contributed by atoms with Gasteiger partial charge in [-0.15, -0.1) is 18.2 Å². The summed E-state index contributed by atoms with van der Waals surface area (Å²) in [6, 6.07) is 21.9. The zero-order valence-electron chi connectivity index (χ0n) is 30.2. The van der Waals surface area contributed by atoms with E-state index in [0.29, 0.717) is 0 Å². The summed E-state index contributed by atoms with van der Waals surface area (Å²) in [5.41, 5.74) is 5.73. The molecule has 0 unspecified atom stereocenters. The number of aliphatic hydroxyl groups excluding tert-OH is 1. The van der Waals surface area contributed by atoms with Crippen molar-refractivity contribution in [2.75, 3.05) is 0 Å². The molecule has 6 nitrogen and oxygen atoms in total. The summed E-state index contributed by atoms with van der Waals surface area (Å²) in [7, 11) is 0. The third-order valence-electron chi connectivity index (χ3n) is 10.5. The predicted octanol–water partition coefficient (Wildman–Crippen LogP) is 11.4. The molecule has 1 radical (unpaired) electrons. The van der Waals surface area contributed by atoms with Crippen molar-refractivity contribution in [3.63, 3.8) is 0 Å². The van der Waals surface area contributed by atoms with Crippen molar-refractivity contribution >= 4 is 49.4 Å². The van der Waals surface area contributed by atoms with Crippen LogP contribution in [0.5, 0.6) is 0 Å². The molecule has 0 bridgehead atoms. The molecule has 1 N–H and O–H groups in total. The number of carbonyl (C=O) groups is 1. The molecule has 0 spiro atoms. The standard InChI is InChI=1S/C27H20N3O.C15H28O2.Ir/c1-4-23-29-25(20-13-12-17-14-15(2)28-16(3)24(17)26(20)30-23)21-10-7-9-19-18-8-5-6-11-22(18)31-27(19)21;1-7-14(5,8-2)12(16)11-13(17)15(6,9-3)10-4;/h5-9,11-14H,4H2,1-3H3;11,16H,7-10H2,1-6H3;/q-1;;/b;12-11-;. The van der Waals surface area contributed by atoms with Crippen LogP contribution >= 0.6 is 0 Å². The van der Waals surface area contributed by atoms with E-state index >= 15 is 0 Å². The molecule has 259 valence electrons. The van der Waals surface area contributed by atoms with Crippen LogP contribution in [0.2, 0.25) is 0 Å². The minimum atomic E-state index is -0.337. The van der Waals surface area contributed by atoms with Crippen molar-refractivity contribution in [1.82, 2.24) is 15.0 Å². The topological polar surface area (TPSA) is 89.1 Å². The maximum absolute atomic E-state index is 12.2. The van der Waals surface area contributed by atoms with Crippen LogP contribution in [0, 0.1) is 30.7 Å². The summed E-state index contributed by atoms with van der Waals surface area (Å²) >= 11 is 0. The van der Waals surface area contributed by atoms with Gasteiger partial charge in [0.05, 0.1) is 11.1 Å². The number of ketones is 1. The number of rotatable bonds is 9. The minimum Gasteiger partial charge on any atom is -0.512 e. The number of para-hydroxylation sites is 1. The number of hydrogen-bond donors (Lipinski definition) is 1. The van der Waals surface area contributed by atoms with E-state index in [1.165, 1.54) is 6.08 Å². The third-order valence-corrected chi connectivity index (χ3v) is 10.5. The van der Waals surface area contributed by atoms with E-state index in [1.807, 2.05) is 79.7 Å². The molecule has 0 aliphatic carbocycles. The number of fused-ring (bicyclic) bond motifs is 6. The Labute approximate surface area is 303 Å². The minimum absolute atomic E-state index is 0. The largest absolute Gasteiger partial charge is 0.512 e. The summed E-state index contributed by atoms with van der Waals surface area (Å²) in [4.78, 5) is 26.7. The zero-order valence-corrected chi connectivity index (χ0v) is 32.6. The molecular weight excluding hydrogens is 787 g/mol. The maximum atomic E-state index is 12.2. The Morgan fingerprint density at radius 2 is 1.53 bits per heavy atom. The van der Waals surface area contributed by atoms with Gasteiger partial charge in [0.1, 0.15) is 17.2 Å². The van der Waals surface area contributed by atoms with Gasteiger partial charge < -0.3 is 9.52 Å². The van der Waals surface area contributed by atoms with Crippen molar-refractivity contribution < 1.29 is 34.4 Å². The molecule has 6 rings (SSSR count). The van der Waals surface area contributed by atoms with Crippen molar-refractivity contribution in [1.29, 1.82) is 0 Å². The molecule has 49 heavy (non-hydrogen) atoms. The molecule has 0 aliphatic heterocycles. The number of aromatic nitrogens is 3. The van der Waals surface area contributed by atoms with E-state index in [0.717, 1.165) is 104 Å². The van der Waals surface area contributed by atoms with Crippen LogP contribution in [0.1, 0.15) is 91.4 Å². The fourth-order valence-electron chi connectivity index (χ4n) is 6.23. The summed E-state index contributed by atoms with van der Waals surface area (Å²) in [5, 5.41) is 15.5. The Hall–Kier alpha value is -3.93. The second-order valence-corrected chi connectivity index (χ2v) is 13.4. The number of aliphatic hydroxyl groups is 1. The Balaban J connectivity index is 0.000000260. The Morgan fingerprint density at radius 3 is 2.18 bits per heavy atom. The molecule has 0 fully saturated rings. The molecule has 3 heterocycles. The van der Waals surface area contributed by atoms with Gasteiger partial charge in [0.25, 0.3) is 0 Å². The van der Waals surface area contributed by atoms with Crippen molar-refractivity contribution in [3.05, 3.63) is 89.7 Å². The smallest absolute Gasteiger partial charge is 0.164 e. The fourth-order valence-corrected chi connectivity index (χ4v) is 6.23. The Morgan fingerprint density at radius 1 is 0.857 bits per heavy atom. The Kier molecular flexibility index (Phi) is 11.8. The monoisotopic (exact) mass is 835 g/mol. The first-order valence-electron chi connectivity index (χ1n) is 17.3. The van der Waals surface area contributed by atoms with Gasteiger partial charge in [-0.25, -0.2) is 4.98 Å². The molecule has 0 saturated carbocycles. The van der Waals surface area contributed by atoms with Crippen LogP contribution in [-0.4, -0.2) is 25.8 Å². The van der Waals surface area contributed by atoms with Gasteiger partial charge >= 0.3 is 0 Å². The van der Waals surface area contributed by atoms with E-state index in [2.05, 4.69) is 43.3 Å². The maximum Gasteiger partial charge on any atom is 0.164 e. The number of pyridine rings is 1. The molecule has 0 saturated heterocycles. The van der Waals surface area contributed by atoms with Crippen molar-refractivity contribution in [2.24, 2.45) is 10.8 Å². The van der Waals surface area contributed by atoms with Crippen LogP contribution in [0.15, 0.2) is 70.8 Å². The average Bonchev–Trinajstić information content (AvgIpc) is 3.49. The molecule has 6 aromatic rings. The van der Waals surface area contributed by atoms with Gasteiger partial charge in [-0.2, -0.15) is 0 Å². The summed E-state index contributed by atoms with van der Waals surface area (Å²) in [6.07, 6.45) is 5.50. The van der Waals surface area contributed by atoms with Gasteiger partial charge in [-0.05, 0) is 62.4 Å². The quantitative estimate of drug-likeness (QED) is 0.0675. The van der Waals surface area contributed by atoms with Crippen molar-refractivity contribution in [2.45, 2.75) is 94.4 Å². The molecule has 0 amide bonds. The van der Waals surface area contributed by atoms with Crippen molar-refractivity contribution in [3.8, 4) is 11.3 Å². The van der Waals surface area contributed by atoms with E-state index < -0.39 is 0 Å². The average molecular weight is 835 g/mol. The molecule has 0 atom stereocenters. The van der Waals surface area contributed by atoms with Crippen LogP contribution in [0.4, 0.5) is 0 Å². The number of aryl methyl sites for hydroxylation is 3. The van der Waals surface area contributed by atoms with Gasteiger partial charge in [0.15, 0.2) is 5.78 Å². The molecule has 3 aromatic carbocycles. The first-order valence-corrected chi connectivity index (χ1v) is 17.3. The number of hydrogen-bond acceptors (Lipinski definition) is 6. The SMILES string of the molecule is CCC(C)(CC)C(=O)/C=C(\O)C(C)(CC)CC.CCc1nc(-c2[c-]ccc3c2oc2ccccc23)c2ccc3cc(C)nc(C)c3c2n1.[Ir]. The number of nitrogens with zero attached hydrogens (tertiary/aromatic N) is 3. The van der Waals surface area contributed by atoms with E-state index in [-0.39, 0.29) is 42.5 Å². The van der Waals surface area contributed by atoms with E-state index in [4.69, 9.17) is 19.4 Å². The van der Waals surface area contributed by atoms with Crippen LogP contribution in [-0.2, 0) is 31.3 Å². The van der Waals surface area contributed by atoms with Gasteiger partial charge in [0.2, 0.25) is 0 Å². The molecule has 7 heteroatoms. The van der Waals surface area contributed by atoms with E-state index in [1.54, 1.807) is 0 Å². The van der Waals surface area contributed by atoms with Crippen LogP contribution in [0.25, 0.3) is 54.9 Å².